The average molecular weight is 315 g/mol. The maximum atomic E-state index is 11.8. The van der Waals surface area contributed by atoms with Gasteiger partial charge in [0.2, 0.25) is 0 Å². The molecule has 2 aliphatic rings. The third-order valence-corrected chi connectivity index (χ3v) is 4.02. The molecule has 1 unspecified atom stereocenters. The van der Waals surface area contributed by atoms with Gasteiger partial charge in [-0.15, -0.1) is 0 Å². The fourth-order valence-corrected chi connectivity index (χ4v) is 3.01. The van der Waals surface area contributed by atoms with Gasteiger partial charge in [0.1, 0.15) is 11.6 Å². The summed E-state index contributed by atoms with van der Waals surface area (Å²) in [7, 11) is 0. The number of carboxylic acids is 1. The zero-order chi connectivity index (χ0) is 16.4. The molecule has 126 valence electrons. The first kappa shape index (κ1) is 17.0. The van der Waals surface area contributed by atoms with Crippen LogP contribution in [0.15, 0.2) is 0 Å². The lowest BCUT2D eigenvalue weighted by Gasteiger charge is -2.37. The van der Waals surface area contributed by atoms with Crippen LogP contribution in [0.4, 0.5) is 4.79 Å². The minimum atomic E-state index is -1.04. The summed E-state index contributed by atoms with van der Waals surface area (Å²) in [6, 6.07) is -0.950. The van der Waals surface area contributed by atoms with Crippen LogP contribution < -0.4 is 5.32 Å². The number of hydrogen-bond acceptors (Lipinski definition) is 5. The predicted molar refractivity (Wildman–Crippen MR) is 77.4 cm³/mol. The minimum absolute atomic E-state index is 0.150. The van der Waals surface area contributed by atoms with Gasteiger partial charge in [0.25, 0.3) is 0 Å². The second-order valence-electron chi connectivity index (χ2n) is 6.91. The third kappa shape index (κ3) is 4.33. The molecule has 0 radical (unpaired) electrons. The number of rotatable bonds is 3. The number of hydrogen-bond donors (Lipinski definition) is 2. The largest absolute Gasteiger partial charge is 0.480 e. The molecule has 1 aliphatic carbocycles. The molecular weight excluding hydrogens is 290 g/mol. The molecule has 1 spiro atoms. The Morgan fingerprint density at radius 3 is 2.23 bits per heavy atom. The van der Waals surface area contributed by atoms with Gasteiger partial charge in [-0.2, -0.15) is 0 Å². The van der Waals surface area contributed by atoms with Crippen LogP contribution in [0.3, 0.4) is 0 Å². The van der Waals surface area contributed by atoms with E-state index in [2.05, 4.69) is 5.32 Å². The number of carboxylic acid groups (broad SMARTS) is 1. The Kier molecular flexibility index (Phi) is 4.97. The van der Waals surface area contributed by atoms with Crippen molar-refractivity contribution in [2.45, 2.75) is 63.9 Å². The van der Waals surface area contributed by atoms with Crippen LogP contribution in [-0.4, -0.2) is 47.8 Å². The van der Waals surface area contributed by atoms with E-state index in [9.17, 15) is 14.7 Å². The van der Waals surface area contributed by atoms with Crippen molar-refractivity contribution in [2.75, 3.05) is 13.2 Å². The van der Waals surface area contributed by atoms with Crippen LogP contribution in [0.1, 0.15) is 46.5 Å². The van der Waals surface area contributed by atoms with Crippen molar-refractivity contribution >= 4 is 12.1 Å². The van der Waals surface area contributed by atoms with Gasteiger partial charge >= 0.3 is 12.1 Å². The fourth-order valence-electron chi connectivity index (χ4n) is 3.01. The van der Waals surface area contributed by atoms with Crippen LogP contribution in [-0.2, 0) is 19.0 Å². The highest BCUT2D eigenvalue weighted by Gasteiger charge is 2.43. The van der Waals surface area contributed by atoms with Gasteiger partial charge in [-0.1, -0.05) is 0 Å². The second kappa shape index (κ2) is 6.42. The number of amides is 1. The molecule has 1 aliphatic heterocycles. The zero-order valence-corrected chi connectivity index (χ0v) is 13.4. The van der Waals surface area contributed by atoms with E-state index in [-0.39, 0.29) is 5.92 Å². The molecule has 7 heteroatoms. The first-order valence-electron chi connectivity index (χ1n) is 7.71. The molecule has 7 nitrogen and oxygen atoms in total. The summed E-state index contributed by atoms with van der Waals surface area (Å²) in [5, 5.41) is 11.9. The lowest BCUT2D eigenvalue weighted by atomic mass is 9.80. The summed E-state index contributed by atoms with van der Waals surface area (Å²) in [6.07, 6.45) is 1.86. The molecule has 1 amide bonds. The third-order valence-electron chi connectivity index (χ3n) is 4.02. The van der Waals surface area contributed by atoms with Crippen LogP contribution in [0, 0.1) is 5.92 Å². The quantitative estimate of drug-likeness (QED) is 0.826. The highest BCUT2D eigenvalue weighted by molar-refractivity contribution is 5.80. The molecule has 1 saturated heterocycles. The first-order valence-corrected chi connectivity index (χ1v) is 7.71. The molecule has 0 aromatic heterocycles. The molecule has 0 bridgehead atoms. The zero-order valence-electron chi connectivity index (χ0n) is 13.4. The summed E-state index contributed by atoms with van der Waals surface area (Å²) in [5.41, 5.74) is -0.657. The van der Waals surface area contributed by atoms with E-state index in [1.807, 2.05) is 0 Å². The van der Waals surface area contributed by atoms with Crippen molar-refractivity contribution < 1.29 is 28.9 Å². The van der Waals surface area contributed by atoms with Crippen molar-refractivity contribution in [2.24, 2.45) is 5.92 Å². The van der Waals surface area contributed by atoms with Crippen molar-refractivity contribution in [3.63, 3.8) is 0 Å². The molecule has 22 heavy (non-hydrogen) atoms. The molecule has 1 atom stereocenters. The summed E-state index contributed by atoms with van der Waals surface area (Å²) < 4.78 is 16.4. The summed E-state index contributed by atoms with van der Waals surface area (Å²) in [6.45, 7) is 6.39. The topological polar surface area (TPSA) is 94.1 Å². The number of carbonyl (C=O) groups is 2. The Hall–Kier alpha value is -1.34. The van der Waals surface area contributed by atoms with Gasteiger partial charge in [0.05, 0.1) is 13.2 Å². The van der Waals surface area contributed by atoms with Gasteiger partial charge in [-0.25, -0.2) is 9.59 Å². The van der Waals surface area contributed by atoms with Crippen LogP contribution in [0.25, 0.3) is 0 Å². The molecule has 1 saturated carbocycles. The fraction of sp³-hybridized carbons (Fsp3) is 0.867. The smallest absolute Gasteiger partial charge is 0.408 e. The van der Waals surface area contributed by atoms with E-state index in [4.69, 9.17) is 14.2 Å². The Morgan fingerprint density at radius 2 is 1.77 bits per heavy atom. The van der Waals surface area contributed by atoms with Crippen molar-refractivity contribution in [1.29, 1.82) is 0 Å². The molecule has 2 N–H and O–H groups in total. The van der Waals surface area contributed by atoms with E-state index in [1.165, 1.54) is 0 Å². The van der Waals surface area contributed by atoms with Gasteiger partial charge in [0, 0.05) is 12.8 Å². The molecule has 0 aromatic rings. The Bertz CT molecular complexity index is 414. The van der Waals surface area contributed by atoms with Gasteiger partial charge in [-0.3, -0.25) is 0 Å². The van der Waals surface area contributed by atoms with Crippen LogP contribution in [0.2, 0.25) is 0 Å². The molecule has 2 rings (SSSR count). The molecule has 2 fully saturated rings. The lowest BCUT2D eigenvalue weighted by molar-refractivity contribution is -0.185. The average Bonchev–Trinajstić information content (AvgIpc) is 2.83. The summed E-state index contributed by atoms with van der Waals surface area (Å²) >= 11 is 0. The van der Waals surface area contributed by atoms with E-state index in [1.54, 1.807) is 20.8 Å². The van der Waals surface area contributed by atoms with Gasteiger partial charge in [-0.05, 0) is 39.5 Å². The number of carbonyl (C=O) groups excluding carboxylic acids is 1. The van der Waals surface area contributed by atoms with E-state index in [0.29, 0.717) is 38.9 Å². The predicted octanol–water partition coefficient (Wildman–Crippen LogP) is 1.90. The Morgan fingerprint density at radius 1 is 1.23 bits per heavy atom. The van der Waals surface area contributed by atoms with E-state index >= 15 is 0 Å². The Balaban J connectivity index is 1.92. The van der Waals surface area contributed by atoms with Gasteiger partial charge < -0.3 is 24.6 Å². The number of alkyl carbamates (subject to hydrolysis) is 1. The van der Waals surface area contributed by atoms with E-state index < -0.39 is 29.5 Å². The lowest BCUT2D eigenvalue weighted by Crippen LogP contribution is -2.50. The molecule has 0 aromatic carbocycles. The number of aliphatic carboxylic acids is 1. The second-order valence-corrected chi connectivity index (χ2v) is 6.91. The van der Waals surface area contributed by atoms with Crippen LogP contribution in [0.5, 0.6) is 0 Å². The molecular formula is C15H25NO6. The maximum Gasteiger partial charge on any atom is 0.408 e. The van der Waals surface area contributed by atoms with Crippen molar-refractivity contribution in [1.82, 2.24) is 5.32 Å². The highest BCUT2D eigenvalue weighted by atomic mass is 16.7. The Labute approximate surface area is 130 Å². The number of ether oxygens (including phenoxy) is 3. The monoisotopic (exact) mass is 315 g/mol. The maximum absolute atomic E-state index is 11.8. The summed E-state index contributed by atoms with van der Waals surface area (Å²) in [4.78, 5) is 23.3. The number of nitrogens with one attached hydrogen (secondary N) is 1. The molecule has 1 heterocycles. The van der Waals surface area contributed by atoms with Gasteiger partial charge in [0.15, 0.2) is 5.79 Å². The van der Waals surface area contributed by atoms with E-state index in [0.717, 1.165) is 0 Å². The SMILES string of the molecule is CC(C)(C)OC(=O)NC(C(=O)O)C1CCC2(CC1)OCCO2. The summed E-state index contributed by atoms with van der Waals surface area (Å²) in [5.74, 6) is -1.73. The van der Waals surface area contributed by atoms with Crippen molar-refractivity contribution in [3.05, 3.63) is 0 Å². The minimum Gasteiger partial charge on any atom is -0.480 e. The van der Waals surface area contributed by atoms with Crippen molar-refractivity contribution in [3.8, 4) is 0 Å². The van der Waals surface area contributed by atoms with Crippen LogP contribution >= 0.6 is 0 Å². The highest BCUT2D eigenvalue weighted by Crippen LogP contribution is 2.39. The normalized spacial score (nSPS) is 23.2. The standard InChI is InChI=1S/C15H25NO6/c1-14(2,3)22-13(19)16-11(12(17)18)10-4-6-15(7-5-10)20-8-9-21-15/h10-11H,4-9H2,1-3H3,(H,16,19)(H,17,18). The first-order chi connectivity index (χ1) is 10.2.